The molecule has 114 valence electrons. The second kappa shape index (κ2) is 5.98. The van der Waals surface area contributed by atoms with Crippen molar-refractivity contribution in [2.45, 2.75) is 0 Å². The number of carbonyl (C=O) groups is 2. The van der Waals surface area contributed by atoms with Crippen LogP contribution < -0.4 is 10.6 Å². The molecule has 0 saturated heterocycles. The number of aliphatic hydroxyl groups is 1. The topological polar surface area (TPSA) is 94.0 Å². The molecule has 0 spiro atoms. The number of aliphatic hydroxyl groups excluding tert-OH is 1. The van der Waals surface area contributed by atoms with Gasteiger partial charge in [-0.2, -0.15) is 0 Å². The minimum Gasteiger partial charge on any atom is -0.395 e. The number of amides is 2. The number of imide groups is 1. The van der Waals surface area contributed by atoms with Crippen molar-refractivity contribution in [3.8, 4) is 0 Å². The molecular weight excluding hydrogens is 284 g/mol. The van der Waals surface area contributed by atoms with Crippen molar-refractivity contribution in [1.82, 2.24) is 10.2 Å². The van der Waals surface area contributed by atoms with Crippen LogP contribution in [0.3, 0.4) is 0 Å². The van der Waals surface area contributed by atoms with E-state index >= 15 is 0 Å². The van der Waals surface area contributed by atoms with Crippen molar-refractivity contribution in [3.63, 3.8) is 0 Å². The highest BCUT2D eigenvalue weighted by Crippen LogP contribution is 2.21. The van der Waals surface area contributed by atoms with Crippen LogP contribution in [0, 0.1) is 0 Å². The van der Waals surface area contributed by atoms with Crippen LogP contribution in [0.5, 0.6) is 0 Å². The van der Waals surface area contributed by atoms with E-state index in [2.05, 4.69) is 15.6 Å². The first-order valence-corrected chi connectivity index (χ1v) is 7.04. The maximum Gasteiger partial charge on any atom is 0.277 e. The zero-order chi connectivity index (χ0) is 15.5. The van der Waals surface area contributed by atoms with Gasteiger partial charge < -0.3 is 15.7 Å². The molecule has 3 N–H and O–H groups in total. The molecule has 1 aromatic rings. The number of hydrogen-bond donors (Lipinski definition) is 3. The van der Waals surface area contributed by atoms with E-state index in [9.17, 15) is 9.59 Å². The van der Waals surface area contributed by atoms with Crippen molar-refractivity contribution in [1.29, 1.82) is 0 Å². The van der Waals surface area contributed by atoms with E-state index in [1.54, 1.807) is 0 Å². The Labute approximate surface area is 127 Å². The van der Waals surface area contributed by atoms with E-state index in [0.29, 0.717) is 12.2 Å². The monoisotopic (exact) mass is 300 g/mol. The lowest BCUT2D eigenvalue weighted by molar-refractivity contribution is -0.137. The van der Waals surface area contributed by atoms with E-state index in [-0.39, 0.29) is 18.8 Å². The molecule has 7 heteroatoms. The molecular formula is C15H16N4O3. The predicted octanol–water partition coefficient (Wildman–Crippen LogP) is -0.307. The van der Waals surface area contributed by atoms with Gasteiger partial charge >= 0.3 is 0 Å². The van der Waals surface area contributed by atoms with Gasteiger partial charge in [0, 0.05) is 23.9 Å². The highest BCUT2D eigenvalue weighted by Gasteiger charge is 2.31. The second-order valence-corrected chi connectivity index (χ2v) is 4.90. The van der Waals surface area contributed by atoms with Crippen molar-refractivity contribution >= 4 is 23.3 Å². The van der Waals surface area contributed by atoms with Crippen LogP contribution in [0.2, 0.25) is 0 Å². The molecule has 0 saturated carbocycles. The first kappa shape index (κ1) is 14.3. The molecule has 0 aromatic heterocycles. The molecule has 0 radical (unpaired) electrons. The lowest BCUT2D eigenvalue weighted by atomic mass is 10.1. The minimum atomic E-state index is -0.435. The molecule has 0 unspecified atom stereocenters. The van der Waals surface area contributed by atoms with E-state index in [0.717, 1.165) is 22.8 Å². The Bertz CT molecular complexity index is 681. The third-order valence-corrected chi connectivity index (χ3v) is 3.46. The van der Waals surface area contributed by atoms with E-state index in [4.69, 9.17) is 5.11 Å². The SMILES string of the molecule is O=C1C=C(Nc2ccccc2C2=NCCN2)C(=O)N1CCO. The first-order chi connectivity index (χ1) is 10.7. The van der Waals surface area contributed by atoms with Crippen LogP contribution in [-0.2, 0) is 9.59 Å². The van der Waals surface area contributed by atoms with Gasteiger partial charge in [0.2, 0.25) is 0 Å². The zero-order valence-corrected chi connectivity index (χ0v) is 11.9. The summed E-state index contributed by atoms with van der Waals surface area (Å²) in [6, 6.07) is 7.45. The molecule has 1 aromatic carbocycles. The average molecular weight is 300 g/mol. The lowest BCUT2D eigenvalue weighted by Crippen LogP contribution is -2.34. The van der Waals surface area contributed by atoms with Gasteiger partial charge in [-0.3, -0.25) is 19.5 Å². The number of β-amino-alcohol motifs (C(OH)–C–C–N with tert-alkyl or cyclic N) is 1. The van der Waals surface area contributed by atoms with Gasteiger partial charge in [0.05, 0.1) is 19.7 Å². The summed E-state index contributed by atoms with van der Waals surface area (Å²) in [4.78, 5) is 29.3. The first-order valence-electron chi connectivity index (χ1n) is 7.04. The van der Waals surface area contributed by atoms with Gasteiger partial charge in [-0.1, -0.05) is 12.1 Å². The number of para-hydroxylation sites is 1. The Hall–Kier alpha value is -2.67. The molecule has 2 heterocycles. The van der Waals surface area contributed by atoms with E-state index in [1.807, 2.05) is 24.3 Å². The number of nitrogens with zero attached hydrogens (tertiary/aromatic N) is 2. The number of nitrogens with one attached hydrogen (secondary N) is 2. The number of rotatable bonds is 5. The van der Waals surface area contributed by atoms with E-state index in [1.165, 1.54) is 6.08 Å². The molecule has 2 aliphatic heterocycles. The fraction of sp³-hybridized carbons (Fsp3) is 0.267. The average Bonchev–Trinajstić information content (AvgIpc) is 3.13. The van der Waals surface area contributed by atoms with Crippen molar-refractivity contribution in [2.75, 3.05) is 31.6 Å². The maximum atomic E-state index is 12.2. The van der Waals surface area contributed by atoms with Gasteiger partial charge in [-0.05, 0) is 12.1 Å². The summed E-state index contributed by atoms with van der Waals surface area (Å²) < 4.78 is 0. The summed E-state index contributed by atoms with van der Waals surface area (Å²) in [5.41, 5.74) is 1.75. The van der Waals surface area contributed by atoms with Crippen molar-refractivity contribution < 1.29 is 14.7 Å². The van der Waals surface area contributed by atoms with Gasteiger partial charge in [0.25, 0.3) is 11.8 Å². The predicted molar refractivity (Wildman–Crippen MR) is 81.4 cm³/mol. The third-order valence-electron chi connectivity index (χ3n) is 3.46. The summed E-state index contributed by atoms with van der Waals surface area (Å²) >= 11 is 0. The number of benzene rings is 1. The van der Waals surface area contributed by atoms with Crippen LogP contribution >= 0.6 is 0 Å². The van der Waals surface area contributed by atoms with E-state index < -0.39 is 11.8 Å². The van der Waals surface area contributed by atoms with Gasteiger partial charge in [0.1, 0.15) is 11.5 Å². The molecule has 0 fully saturated rings. The maximum absolute atomic E-state index is 12.2. The van der Waals surface area contributed by atoms with Crippen LogP contribution in [0.4, 0.5) is 5.69 Å². The molecule has 2 amide bonds. The number of aliphatic imine (C=N–C) groups is 1. The zero-order valence-electron chi connectivity index (χ0n) is 11.9. The smallest absolute Gasteiger partial charge is 0.277 e. The van der Waals surface area contributed by atoms with Crippen molar-refractivity contribution in [3.05, 3.63) is 41.6 Å². The largest absolute Gasteiger partial charge is 0.395 e. The van der Waals surface area contributed by atoms with Crippen LogP contribution in [-0.4, -0.2) is 53.9 Å². The normalized spacial score (nSPS) is 17.4. The van der Waals surface area contributed by atoms with Gasteiger partial charge in [-0.25, -0.2) is 0 Å². The Kier molecular flexibility index (Phi) is 3.88. The summed E-state index contributed by atoms with van der Waals surface area (Å²) in [6.45, 7) is 1.24. The third kappa shape index (κ3) is 2.58. The number of anilines is 1. The number of carbonyl (C=O) groups excluding carboxylic acids is 2. The number of amidine groups is 1. The molecule has 0 aliphatic carbocycles. The Balaban J connectivity index is 1.84. The fourth-order valence-electron chi connectivity index (χ4n) is 2.43. The van der Waals surface area contributed by atoms with Gasteiger partial charge in [-0.15, -0.1) is 0 Å². The Morgan fingerprint density at radius 1 is 1.32 bits per heavy atom. The highest BCUT2D eigenvalue weighted by atomic mass is 16.3. The summed E-state index contributed by atoms with van der Waals surface area (Å²) in [6.07, 6.45) is 1.25. The van der Waals surface area contributed by atoms with Crippen molar-refractivity contribution in [2.24, 2.45) is 4.99 Å². The summed E-state index contributed by atoms with van der Waals surface area (Å²) in [7, 11) is 0. The Morgan fingerprint density at radius 3 is 2.86 bits per heavy atom. The molecule has 22 heavy (non-hydrogen) atoms. The van der Waals surface area contributed by atoms with Gasteiger partial charge in [0.15, 0.2) is 0 Å². The molecule has 3 rings (SSSR count). The van der Waals surface area contributed by atoms with Crippen LogP contribution in [0.25, 0.3) is 0 Å². The minimum absolute atomic E-state index is 0.00470. The highest BCUT2D eigenvalue weighted by molar-refractivity contribution is 6.18. The fourth-order valence-corrected chi connectivity index (χ4v) is 2.43. The molecule has 2 aliphatic rings. The summed E-state index contributed by atoms with van der Waals surface area (Å²) in [5.74, 6) is -0.0850. The second-order valence-electron chi connectivity index (χ2n) is 4.90. The van der Waals surface area contributed by atoms with Crippen LogP contribution in [0.1, 0.15) is 5.56 Å². The quantitative estimate of drug-likeness (QED) is 0.649. The molecule has 0 bridgehead atoms. The van der Waals surface area contributed by atoms with Crippen LogP contribution in [0.15, 0.2) is 41.0 Å². The molecule has 7 nitrogen and oxygen atoms in total. The number of hydrogen-bond acceptors (Lipinski definition) is 6. The molecule has 0 atom stereocenters. The summed E-state index contributed by atoms with van der Waals surface area (Å²) in [5, 5.41) is 15.1. The lowest BCUT2D eigenvalue weighted by Gasteiger charge is -2.15. The Morgan fingerprint density at radius 2 is 2.14 bits per heavy atom. The standard InChI is InChI=1S/C15H16N4O3/c20-8-7-19-13(21)9-12(15(19)22)18-11-4-2-1-3-10(11)14-16-5-6-17-14/h1-4,9,18,20H,5-8H2,(H,16,17).